The lowest BCUT2D eigenvalue weighted by atomic mass is 10.5. The molecule has 0 bridgehead atoms. The molecule has 0 aliphatic heterocycles. The van der Waals surface area contributed by atoms with E-state index in [-0.39, 0.29) is 6.54 Å². The van der Waals surface area contributed by atoms with Crippen LogP contribution < -0.4 is 16.4 Å². The zero-order valence-electron chi connectivity index (χ0n) is 7.27. The lowest BCUT2D eigenvalue weighted by Gasteiger charge is -2.14. The highest BCUT2D eigenvalue weighted by atomic mass is 16.1. The molecule has 0 aromatic carbocycles. The molecule has 6 nitrogen and oxygen atoms in total. The van der Waals surface area contributed by atoms with Gasteiger partial charge in [0.25, 0.3) is 0 Å². The lowest BCUT2D eigenvalue weighted by Crippen LogP contribution is -2.31. The van der Waals surface area contributed by atoms with Gasteiger partial charge in [-0.15, -0.1) is 0 Å². The molecule has 4 N–H and O–H groups in total. The van der Waals surface area contributed by atoms with E-state index < -0.39 is 5.91 Å². The number of aromatic nitrogens is 2. The molecule has 0 radical (unpaired) electrons. The number of rotatable bonds is 3. The van der Waals surface area contributed by atoms with Gasteiger partial charge in [0, 0.05) is 7.05 Å². The number of nitrogens with two attached hydrogens (primary N) is 2. The molecule has 70 valence electrons. The number of likely N-dealkylation sites (N-methyl/N-ethyl adjacent to an activating group) is 1. The number of primary amides is 1. The predicted octanol–water partition coefficient (Wildman–Crippen LogP) is -1.02. The molecule has 0 unspecified atom stereocenters. The normalized spacial score (nSPS) is 9.62. The van der Waals surface area contributed by atoms with Crippen LogP contribution in [0.1, 0.15) is 0 Å². The average Bonchev–Trinajstić information content (AvgIpc) is 2.04. The van der Waals surface area contributed by atoms with Gasteiger partial charge in [0.2, 0.25) is 5.91 Å². The van der Waals surface area contributed by atoms with Crippen LogP contribution in [-0.2, 0) is 4.79 Å². The van der Waals surface area contributed by atoms with Gasteiger partial charge in [-0.25, -0.2) is 9.97 Å². The molecular formula is C7H11N5O. The molecule has 1 aromatic rings. The van der Waals surface area contributed by atoms with Crippen molar-refractivity contribution in [2.75, 3.05) is 24.2 Å². The number of hydrogen-bond acceptors (Lipinski definition) is 5. The Hall–Kier alpha value is -1.85. The Morgan fingerprint density at radius 2 is 2.23 bits per heavy atom. The molecule has 0 fully saturated rings. The Bertz CT molecular complexity index is 296. The topological polar surface area (TPSA) is 98.1 Å². The molecule has 0 spiro atoms. The highest BCUT2D eigenvalue weighted by Gasteiger charge is 2.04. The highest BCUT2D eigenvalue weighted by Crippen LogP contribution is 2.06. The molecule has 0 aliphatic rings. The van der Waals surface area contributed by atoms with E-state index in [4.69, 9.17) is 11.5 Å². The zero-order valence-corrected chi connectivity index (χ0v) is 7.27. The molecule has 0 atom stereocenters. The maximum atomic E-state index is 10.6. The van der Waals surface area contributed by atoms with Crippen LogP contribution in [0.15, 0.2) is 12.4 Å². The van der Waals surface area contributed by atoms with E-state index >= 15 is 0 Å². The molecule has 1 rings (SSSR count). The van der Waals surface area contributed by atoms with Gasteiger partial charge in [-0.05, 0) is 0 Å². The van der Waals surface area contributed by atoms with Gasteiger partial charge in [-0.1, -0.05) is 0 Å². The van der Waals surface area contributed by atoms with E-state index in [1.807, 2.05) is 0 Å². The third-order valence-corrected chi connectivity index (χ3v) is 1.44. The largest absolute Gasteiger partial charge is 0.382 e. The van der Waals surface area contributed by atoms with E-state index in [9.17, 15) is 4.79 Å². The first-order valence-corrected chi connectivity index (χ1v) is 3.66. The monoisotopic (exact) mass is 181 g/mol. The summed E-state index contributed by atoms with van der Waals surface area (Å²) in [6.07, 6.45) is 2.91. The number of anilines is 2. The van der Waals surface area contributed by atoms with Crippen LogP contribution >= 0.6 is 0 Å². The summed E-state index contributed by atoms with van der Waals surface area (Å²) >= 11 is 0. The van der Waals surface area contributed by atoms with E-state index in [1.54, 1.807) is 11.9 Å². The molecule has 0 aliphatic carbocycles. The standard InChI is InChI=1S/C7H11N5O/c1-12(4-6(9)13)7-3-10-5(8)2-11-7/h2-3H,4H2,1H3,(H2,8,10)(H2,9,13). The van der Waals surface area contributed by atoms with Crippen molar-refractivity contribution >= 4 is 17.5 Å². The summed E-state index contributed by atoms with van der Waals surface area (Å²) in [6.45, 7) is 0.110. The van der Waals surface area contributed by atoms with Crippen LogP contribution in [-0.4, -0.2) is 29.5 Å². The second-order valence-electron chi connectivity index (χ2n) is 2.62. The van der Waals surface area contributed by atoms with Crippen molar-refractivity contribution in [1.82, 2.24) is 9.97 Å². The SMILES string of the molecule is CN(CC(N)=O)c1cnc(N)cn1. The molecule has 0 saturated carbocycles. The minimum absolute atomic E-state index is 0.110. The van der Waals surface area contributed by atoms with Gasteiger partial charge in [0.15, 0.2) is 0 Å². The second kappa shape index (κ2) is 3.70. The summed E-state index contributed by atoms with van der Waals surface area (Å²) in [7, 11) is 1.70. The quantitative estimate of drug-likeness (QED) is 0.622. The van der Waals surface area contributed by atoms with Crippen molar-refractivity contribution in [3.05, 3.63) is 12.4 Å². The Morgan fingerprint density at radius 3 is 2.69 bits per heavy atom. The van der Waals surface area contributed by atoms with Crippen molar-refractivity contribution < 1.29 is 4.79 Å². The van der Waals surface area contributed by atoms with E-state index in [0.29, 0.717) is 11.6 Å². The first-order chi connectivity index (χ1) is 6.09. The van der Waals surface area contributed by atoms with Crippen molar-refractivity contribution in [2.24, 2.45) is 5.73 Å². The van der Waals surface area contributed by atoms with Gasteiger partial charge < -0.3 is 16.4 Å². The van der Waals surface area contributed by atoms with Crippen LogP contribution in [0.3, 0.4) is 0 Å². The molecular weight excluding hydrogens is 170 g/mol. The van der Waals surface area contributed by atoms with Gasteiger partial charge in [0.1, 0.15) is 11.6 Å². The third kappa shape index (κ3) is 2.58. The summed E-state index contributed by atoms with van der Waals surface area (Å²) in [6, 6.07) is 0. The smallest absolute Gasteiger partial charge is 0.236 e. The fraction of sp³-hybridized carbons (Fsp3) is 0.286. The fourth-order valence-electron chi connectivity index (χ4n) is 0.843. The second-order valence-corrected chi connectivity index (χ2v) is 2.62. The van der Waals surface area contributed by atoms with E-state index in [1.165, 1.54) is 12.4 Å². The molecule has 6 heteroatoms. The summed E-state index contributed by atoms with van der Waals surface area (Å²) in [5.41, 5.74) is 10.4. The number of amides is 1. The number of carbonyl (C=O) groups excluding carboxylic acids is 1. The summed E-state index contributed by atoms with van der Waals surface area (Å²) < 4.78 is 0. The van der Waals surface area contributed by atoms with E-state index in [2.05, 4.69) is 9.97 Å². The van der Waals surface area contributed by atoms with Gasteiger partial charge in [0.05, 0.1) is 18.9 Å². The fourth-order valence-corrected chi connectivity index (χ4v) is 0.843. The molecule has 1 heterocycles. The summed E-state index contributed by atoms with van der Waals surface area (Å²) in [5, 5.41) is 0. The van der Waals surface area contributed by atoms with Gasteiger partial charge >= 0.3 is 0 Å². The van der Waals surface area contributed by atoms with Gasteiger partial charge in [-0.3, -0.25) is 4.79 Å². The molecule has 1 aromatic heterocycles. The van der Waals surface area contributed by atoms with Crippen molar-refractivity contribution in [2.45, 2.75) is 0 Å². The first kappa shape index (κ1) is 9.24. The van der Waals surface area contributed by atoms with Crippen LogP contribution in [0, 0.1) is 0 Å². The van der Waals surface area contributed by atoms with Gasteiger partial charge in [-0.2, -0.15) is 0 Å². The molecule has 13 heavy (non-hydrogen) atoms. The maximum absolute atomic E-state index is 10.6. The Kier molecular flexibility index (Phi) is 2.63. The Morgan fingerprint density at radius 1 is 1.54 bits per heavy atom. The minimum atomic E-state index is -0.416. The van der Waals surface area contributed by atoms with Crippen molar-refractivity contribution in [1.29, 1.82) is 0 Å². The average molecular weight is 181 g/mol. The molecule has 1 amide bonds. The minimum Gasteiger partial charge on any atom is -0.382 e. The summed E-state index contributed by atoms with van der Waals surface area (Å²) in [5.74, 6) is 0.491. The number of hydrogen-bond donors (Lipinski definition) is 2. The lowest BCUT2D eigenvalue weighted by molar-refractivity contribution is -0.116. The zero-order chi connectivity index (χ0) is 9.84. The van der Waals surface area contributed by atoms with Crippen LogP contribution in [0.2, 0.25) is 0 Å². The maximum Gasteiger partial charge on any atom is 0.236 e. The summed E-state index contributed by atoms with van der Waals surface area (Å²) in [4.78, 5) is 19.9. The Balaban J connectivity index is 2.71. The van der Waals surface area contributed by atoms with Crippen LogP contribution in [0.25, 0.3) is 0 Å². The number of carbonyl (C=O) groups is 1. The highest BCUT2D eigenvalue weighted by molar-refractivity contribution is 5.78. The number of nitrogens with zero attached hydrogens (tertiary/aromatic N) is 3. The first-order valence-electron chi connectivity index (χ1n) is 3.66. The van der Waals surface area contributed by atoms with Crippen molar-refractivity contribution in [3.8, 4) is 0 Å². The van der Waals surface area contributed by atoms with Crippen molar-refractivity contribution in [3.63, 3.8) is 0 Å². The Labute approximate surface area is 75.6 Å². The van der Waals surface area contributed by atoms with Crippen LogP contribution in [0.5, 0.6) is 0 Å². The predicted molar refractivity (Wildman–Crippen MR) is 48.9 cm³/mol. The molecule has 0 saturated heterocycles. The van der Waals surface area contributed by atoms with Crippen LogP contribution in [0.4, 0.5) is 11.6 Å². The number of nitrogen functional groups attached to an aromatic ring is 1. The van der Waals surface area contributed by atoms with E-state index in [0.717, 1.165) is 0 Å². The third-order valence-electron chi connectivity index (χ3n) is 1.44.